The van der Waals surface area contributed by atoms with Crippen LogP contribution in [0.4, 0.5) is 0 Å². The van der Waals surface area contributed by atoms with Crippen molar-refractivity contribution in [3.8, 4) is 11.1 Å². The molecule has 1 N–H and O–H groups in total. The van der Waals surface area contributed by atoms with E-state index in [1.807, 2.05) is 49.5 Å². The Labute approximate surface area is 143 Å². The number of fused-ring (bicyclic) bond motifs is 1. The van der Waals surface area contributed by atoms with E-state index in [0.717, 1.165) is 34.1 Å². The average Bonchev–Trinajstić information content (AvgIpc) is 2.60. The van der Waals surface area contributed by atoms with Gasteiger partial charge >= 0.3 is 0 Å². The number of rotatable bonds is 5. The van der Waals surface area contributed by atoms with Crippen LogP contribution < -0.4 is 10.9 Å². The maximum absolute atomic E-state index is 12.8. The van der Waals surface area contributed by atoms with Gasteiger partial charge in [0.05, 0.1) is 0 Å². The van der Waals surface area contributed by atoms with Gasteiger partial charge in [-0.05, 0) is 29.5 Å². The number of nitrogens with zero attached hydrogens (tertiary/aromatic N) is 1. The lowest BCUT2D eigenvalue weighted by atomic mass is 9.96. The average molecular weight is 320 g/mol. The van der Waals surface area contributed by atoms with Gasteiger partial charge in [-0.2, -0.15) is 0 Å². The van der Waals surface area contributed by atoms with E-state index in [9.17, 15) is 4.79 Å². The van der Waals surface area contributed by atoms with Crippen LogP contribution in [0, 0.1) is 5.92 Å². The highest BCUT2D eigenvalue weighted by atomic mass is 16.1. The van der Waals surface area contributed by atoms with Crippen LogP contribution in [-0.2, 0) is 13.6 Å². The fourth-order valence-electron chi connectivity index (χ4n) is 3.13. The normalized spacial score (nSPS) is 11.3. The topological polar surface area (TPSA) is 34.0 Å². The molecule has 0 atom stereocenters. The summed E-state index contributed by atoms with van der Waals surface area (Å²) in [5, 5.41) is 5.28. The van der Waals surface area contributed by atoms with Gasteiger partial charge in [-0.25, -0.2) is 0 Å². The molecule has 0 fully saturated rings. The molecule has 3 heteroatoms. The van der Waals surface area contributed by atoms with Crippen molar-refractivity contribution < 1.29 is 0 Å². The third-order valence-electron chi connectivity index (χ3n) is 4.33. The third kappa shape index (κ3) is 3.13. The molecule has 3 rings (SSSR count). The monoisotopic (exact) mass is 320 g/mol. The zero-order valence-corrected chi connectivity index (χ0v) is 14.5. The molecule has 3 nitrogen and oxygen atoms in total. The first kappa shape index (κ1) is 16.5. The smallest absolute Gasteiger partial charge is 0.258 e. The van der Waals surface area contributed by atoms with Gasteiger partial charge < -0.3 is 9.88 Å². The van der Waals surface area contributed by atoms with Gasteiger partial charge in [0.1, 0.15) is 0 Å². The van der Waals surface area contributed by atoms with Gasteiger partial charge in [0.2, 0.25) is 0 Å². The minimum atomic E-state index is 0.0617. The first-order chi connectivity index (χ1) is 11.6. The summed E-state index contributed by atoms with van der Waals surface area (Å²) in [6, 6.07) is 18.2. The summed E-state index contributed by atoms with van der Waals surface area (Å²) in [4.78, 5) is 12.8. The number of aromatic nitrogens is 1. The van der Waals surface area contributed by atoms with Gasteiger partial charge in [-0.15, -0.1) is 0 Å². The first-order valence-corrected chi connectivity index (χ1v) is 8.46. The molecule has 0 unspecified atom stereocenters. The largest absolute Gasteiger partial charge is 0.313 e. The van der Waals surface area contributed by atoms with Crippen LogP contribution in [0.2, 0.25) is 0 Å². The van der Waals surface area contributed by atoms with Crippen LogP contribution in [0.3, 0.4) is 0 Å². The van der Waals surface area contributed by atoms with Crippen LogP contribution in [0.5, 0.6) is 0 Å². The lowest BCUT2D eigenvalue weighted by molar-refractivity contribution is 0.540. The quantitative estimate of drug-likeness (QED) is 0.772. The molecule has 0 aliphatic rings. The molecule has 0 aliphatic heterocycles. The minimum absolute atomic E-state index is 0.0617. The van der Waals surface area contributed by atoms with Crippen molar-refractivity contribution in [1.82, 2.24) is 9.88 Å². The van der Waals surface area contributed by atoms with Crippen LogP contribution in [0.15, 0.2) is 59.4 Å². The summed E-state index contributed by atoms with van der Waals surface area (Å²) >= 11 is 0. The van der Waals surface area contributed by atoms with E-state index in [1.54, 1.807) is 4.57 Å². The number of benzene rings is 2. The fourth-order valence-corrected chi connectivity index (χ4v) is 3.13. The molecule has 2 aromatic carbocycles. The molecular weight excluding hydrogens is 296 g/mol. The molecule has 0 saturated carbocycles. The number of nitrogens with one attached hydrogen (secondary N) is 1. The second-order valence-corrected chi connectivity index (χ2v) is 6.62. The zero-order chi connectivity index (χ0) is 17.1. The Morgan fingerprint density at radius 2 is 1.58 bits per heavy atom. The van der Waals surface area contributed by atoms with E-state index in [0.29, 0.717) is 12.5 Å². The van der Waals surface area contributed by atoms with E-state index >= 15 is 0 Å². The third-order valence-corrected chi connectivity index (χ3v) is 4.33. The first-order valence-electron chi connectivity index (χ1n) is 8.46. The highest BCUT2D eigenvalue weighted by molar-refractivity contribution is 5.97. The highest BCUT2D eigenvalue weighted by Gasteiger charge is 2.15. The summed E-state index contributed by atoms with van der Waals surface area (Å²) in [5.41, 5.74) is 3.38. The van der Waals surface area contributed by atoms with E-state index in [1.165, 1.54) is 0 Å². The number of pyridine rings is 1. The van der Waals surface area contributed by atoms with Crippen LogP contribution in [-0.4, -0.2) is 11.1 Å². The van der Waals surface area contributed by atoms with E-state index in [4.69, 9.17) is 0 Å². The lowest BCUT2D eigenvalue weighted by Gasteiger charge is -2.18. The van der Waals surface area contributed by atoms with Gasteiger partial charge in [0, 0.05) is 30.2 Å². The van der Waals surface area contributed by atoms with Crippen LogP contribution >= 0.6 is 0 Å². The van der Waals surface area contributed by atoms with Gasteiger partial charge in [-0.1, -0.05) is 62.4 Å². The Morgan fingerprint density at radius 3 is 2.25 bits per heavy atom. The van der Waals surface area contributed by atoms with Crippen molar-refractivity contribution in [3.05, 3.63) is 70.6 Å². The Balaban J connectivity index is 2.24. The molecule has 0 aliphatic carbocycles. The van der Waals surface area contributed by atoms with Gasteiger partial charge in [0.15, 0.2) is 0 Å². The summed E-state index contributed by atoms with van der Waals surface area (Å²) in [7, 11) is 1.87. The summed E-state index contributed by atoms with van der Waals surface area (Å²) in [6.45, 7) is 5.98. The standard InChI is InChI=1S/C21H24N2O/c1-15(2)13-22-14-19-20(16-9-5-4-6-10-16)17-11-7-8-12-18(17)21(24)23(19)3/h4-12,15,22H,13-14H2,1-3H3. The Kier molecular flexibility index (Phi) is 4.81. The molecule has 3 aromatic rings. The summed E-state index contributed by atoms with van der Waals surface area (Å²) < 4.78 is 1.79. The minimum Gasteiger partial charge on any atom is -0.313 e. The molecular formula is C21H24N2O. The predicted molar refractivity (Wildman–Crippen MR) is 101 cm³/mol. The number of hydrogen-bond acceptors (Lipinski definition) is 2. The Bertz CT molecular complexity index is 895. The fraction of sp³-hybridized carbons (Fsp3) is 0.286. The predicted octanol–water partition coefficient (Wildman–Crippen LogP) is 3.95. The van der Waals surface area contributed by atoms with Crippen molar-refractivity contribution >= 4 is 10.8 Å². The molecule has 0 amide bonds. The van der Waals surface area contributed by atoms with Gasteiger partial charge in [0.25, 0.3) is 5.56 Å². The Hall–Kier alpha value is -2.39. The molecule has 0 bridgehead atoms. The molecule has 0 saturated heterocycles. The van der Waals surface area contributed by atoms with Gasteiger partial charge in [-0.3, -0.25) is 4.79 Å². The molecule has 0 radical (unpaired) electrons. The van der Waals surface area contributed by atoms with E-state index in [-0.39, 0.29) is 5.56 Å². The lowest BCUT2D eigenvalue weighted by Crippen LogP contribution is -2.27. The van der Waals surface area contributed by atoms with Crippen molar-refractivity contribution in [2.24, 2.45) is 13.0 Å². The highest BCUT2D eigenvalue weighted by Crippen LogP contribution is 2.30. The summed E-state index contributed by atoms with van der Waals surface area (Å²) in [5.74, 6) is 0.572. The molecule has 1 heterocycles. The Morgan fingerprint density at radius 1 is 0.958 bits per heavy atom. The molecule has 0 spiro atoms. The van der Waals surface area contributed by atoms with Crippen LogP contribution in [0.1, 0.15) is 19.5 Å². The second kappa shape index (κ2) is 7.02. The molecule has 124 valence electrons. The summed E-state index contributed by atoms with van der Waals surface area (Å²) in [6.07, 6.45) is 0. The van der Waals surface area contributed by atoms with Crippen molar-refractivity contribution in [1.29, 1.82) is 0 Å². The van der Waals surface area contributed by atoms with Crippen molar-refractivity contribution in [2.75, 3.05) is 6.54 Å². The maximum atomic E-state index is 12.8. The van der Waals surface area contributed by atoms with E-state index < -0.39 is 0 Å². The van der Waals surface area contributed by atoms with E-state index in [2.05, 4.69) is 31.3 Å². The van der Waals surface area contributed by atoms with Crippen LogP contribution in [0.25, 0.3) is 21.9 Å². The number of hydrogen-bond donors (Lipinski definition) is 1. The van der Waals surface area contributed by atoms with Crippen molar-refractivity contribution in [2.45, 2.75) is 20.4 Å². The van der Waals surface area contributed by atoms with Crippen molar-refractivity contribution in [3.63, 3.8) is 0 Å². The second-order valence-electron chi connectivity index (χ2n) is 6.62. The molecule has 1 aromatic heterocycles. The maximum Gasteiger partial charge on any atom is 0.258 e. The SMILES string of the molecule is CC(C)CNCc1c(-c2ccccc2)c2ccccc2c(=O)n1C. The zero-order valence-electron chi connectivity index (χ0n) is 14.5. The molecule has 24 heavy (non-hydrogen) atoms.